The van der Waals surface area contributed by atoms with Crippen LogP contribution in [-0.2, 0) is 9.47 Å². The van der Waals surface area contributed by atoms with Crippen LogP contribution in [0.25, 0.3) is 0 Å². The Kier molecular flexibility index (Phi) is 3.14. The van der Waals surface area contributed by atoms with Crippen LogP contribution in [0, 0.1) is 0 Å². The summed E-state index contributed by atoms with van der Waals surface area (Å²) < 4.78 is 10.3. The Morgan fingerprint density at radius 3 is 2.92 bits per heavy atom. The van der Waals surface area contributed by atoms with Gasteiger partial charge in [-0.2, -0.15) is 0 Å². The monoisotopic (exact) mass is 187 g/mol. The Morgan fingerprint density at radius 2 is 2.46 bits per heavy atom. The van der Waals surface area contributed by atoms with Crippen LogP contribution in [0.5, 0.6) is 0 Å². The van der Waals surface area contributed by atoms with Gasteiger partial charge < -0.3 is 9.47 Å². The van der Waals surface area contributed by atoms with E-state index >= 15 is 0 Å². The number of hydrogen-bond acceptors (Lipinski definition) is 3. The van der Waals surface area contributed by atoms with Crippen molar-refractivity contribution >= 4 is 6.09 Å². The molecular formula is C9H17NO3. The normalized spacial score (nSPS) is 33.0. The zero-order valence-electron chi connectivity index (χ0n) is 8.42. The minimum absolute atomic E-state index is 0.215. The van der Waals surface area contributed by atoms with Crippen LogP contribution in [0.3, 0.4) is 0 Å². The summed E-state index contributed by atoms with van der Waals surface area (Å²) in [6, 6.07) is 0. The zero-order valence-corrected chi connectivity index (χ0v) is 8.42. The van der Waals surface area contributed by atoms with Gasteiger partial charge in [0.2, 0.25) is 0 Å². The molecular weight excluding hydrogens is 170 g/mol. The summed E-state index contributed by atoms with van der Waals surface area (Å²) in [6.07, 6.45) is 1.63. The minimum atomic E-state index is -0.536. The molecule has 0 aromatic carbocycles. The van der Waals surface area contributed by atoms with Crippen molar-refractivity contribution in [1.82, 2.24) is 5.32 Å². The maximum Gasteiger partial charge on any atom is 0.409 e. The average Bonchev–Trinajstić information content (AvgIpc) is 2.30. The van der Waals surface area contributed by atoms with Crippen molar-refractivity contribution in [2.45, 2.75) is 45.4 Å². The van der Waals surface area contributed by atoms with Crippen molar-refractivity contribution in [1.29, 1.82) is 0 Å². The van der Waals surface area contributed by atoms with E-state index in [4.69, 9.17) is 9.47 Å². The molecule has 1 aliphatic heterocycles. The number of ether oxygens (including phenoxy) is 2. The summed E-state index contributed by atoms with van der Waals surface area (Å²) in [5, 5.41) is 2.70. The fraction of sp³-hybridized carbons (Fsp3) is 0.889. The van der Waals surface area contributed by atoms with Crippen LogP contribution in [0.1, 0.15) is 33.6 Å². The summed E-state index contributed by atoms with van der Waals surface area (Å²) in [4.78, 5) is 11.1. The molecule has 0 aliphatic carbocycles. The van der Waals surface area contributed by atoms with E-state index in [1.165, 1.54) is 0 Å². The summed E-state index contributed by atoms with van der Waals surface area (Å²) in [5.74, 6) is 0. The van der Waals surface area contributed by atoms with Gasteiger partial charge in [0.05, 0.1) is 12.7 Å². The first-order chi connectivity index (χ1) is 6.06. The predicted molar refractivity (Wildman–Crippen MR) is 48.3 cm³/mol. The molecule has 4 heteroatoms. The zero-order chi connectivity index (χ0) is 9.90. The van der Waals surface area contributed by atoms with Gasteiger partial charge in [-0.15, -0.1) is 0 Å². The largest absolute Gasteiger partial charge is 0.450 e. The Hall–Kier alpha value is -0.770. The third-order valence-electron chi connectivity index (χ3n) is 2.13. The second kappa shape index (κ2) is 3.96. The van der Waals surface area contributed by atoms with Crippen molar-refractivity contribution in [3.8, 4) is 0 Å². The summed E-state index contributed by atoms with van der Waals surface area (Å²) >= 11 is 0. The quantitative estimate of drug-likeness (QED) is 0.715. The van der Waals surface area contributed by atoms with Crippen molar-refractivity contribution in [3.63, 3.8) is 0 Å². The van der Waals surface area contributed by atoms with Crippen LogP contribution in [0.4, 0.5) is 4.79 Å². The maximum absolute atomic E-state index is 11.1. The standard InChI is InChI=1S/C9H17NO3/c1-4-12-8(11)10-9(3)6-5-7(2)13-9/h7H,4-6H2,1-3H3,(H,10,11)/t7-,9+/m0/s1. The molecule has 1 rings (SSSR count). The molecule has 76 valence electrons. The second-order valence-electron chi connectivity index (χ2n) is 3.54. The van der Waals surface area contributed by atoms with E-state index < -0.39 is 11.8 Å². The SMILES string of the molecule is CCOC(=O)N[C@@]1(C)CC[C@H](C)O1. The Labute approximate surface area is 78.6 Å². The van der Waals surface area contributed by atoms with Crippen molar-refractivity contribution in [2.75, 3.05) is 6.61 Å². The van der Waals surface area contributed by atoms with Crippen LogP contribution >= 0.6 is 0 Å². The fourth-order valence-corrected chi connectivity index (χ4v) is 1.52. The third kappa shape index (κ3) is 2.88. The molecule has 1 saturated heterocycles. The van der Waals surface area contributed by atoms with Gasteiger partial charge in [-0.25, -0.2) is 4.79 Å². The van der Waals surface area contributed by atoms with E-state index in [0.717, 1.165) is 12.8 Å². The highest BCUT2D eigenvalue weighted by atomic mass is 16.6. The molecule has 0 aromatic rings. The van der Waals surface area contributed by atoms with E-state index in [2.05, 4.69) is 5.32 Å². The van der Waals surface area contributed by atoms with E-state index in [1.807, 2.05) is 13.8 Å². The van der Waals surface area contributed by atoms with Crippen molar-refractivity contribution < 1.29 is 14.3 Å². The number of nitrogens with one attached hydrogen (secondary N) is 1. The molecule has 1 N–H and O–H groups in total. The Bertz CT molecular complexity index is 195. The molecule has 2 atom stereocenters. The van der Waals surface area contributed by atoms with Crippen LogP contribution in [0.15, 0.2) is 0 Å². The van der Waals surface area contributed by atoms with Crippen LogP contribution < -0.4 is 5.32 Å². The van der Waals surface area contributed by atoms with E-state index in [0.29, 0.717) is 6.61 Å². The van der Waals surface area contributed by atoms with Gasteiger partial charge in [-0.05, 0) is 33.6 Å². The lowest BCUT2D eigenvalue weighted by Crippen LogP contribution is -2.46. The van der Waals surface area contributed by atoms with Crippen LogP contribution in [-0.4, -0.2) is 24.5 Å². The summed E-state index contributed by atoms with van der Waals surface area (Å²) in [6.45, 7) is 6.03. The average molecular weight is 187 g/mol. The molecule has 1 fully saturated rings. The third-order valence-corrected chi connectivity index (χ3v) is 2.13. The van der Waals surface area contributed by atoms with Crippen LogP contribution in [0.2, 0.25) is 0 Å². The molecule has 4 nitrogen and oxygen atoms in total. The van der Waals surface area contributed by atoms with Gasteiger partial charge in [0, 0.05) is 0 Å². The van der Waals surface area contributed by atoms with Gasteiger partial charge in [-0.3, -0.25) is 5.32 Å². The molecule has 1 amide bonds. The lowest BCUT2D eigenvalue weighted by atomic mass is 10.1. The Balaban J connectivity index is 2.39. The van der Waals surface area contributed by atoms with Gasteiger partial charge in [0.15, 0.2) is 0 Å². The molecule has 1 heterocycles. The molecule has 13 heavy (non-hydrogen) atoms. The summed E-state index contributed by atoms with van der Waals surface area (Å²) in [5.41, 5.74) is -0.536. The van der Waals surface area contributed by atoms with Gasteiger partial charge in [0.25, 0.3) is 0 Å². The molecule has 0 spiro atoms. The first-order valence-electron chi connectivity index (χ1n) is 4.68. The fourth-order valence-electron chi connectivity index (χ4n) is 1.52. The van der Waals surface area contributed by atoms with Gasteiger partial charge in [0.1, 0.15) is 5.72 Å². The maximum atomic E-state index is 11.1. The number of hydrogen-bond donors (Lipinski definition) is 1. The van der Waals surface area contributed by atoms with Gasteiger partial charge >= 0.3 is 6.09 Å². The molecule has 0 radical (unpaired) electrons. The number of rotatable bonds is 2. The van der Waals surface area contributed by atoms with E-state index in [1.54, 1.807) is 6.92 Å². The first kappa shape index (κ1) is 10.3. The molecule has 0 unspecified atom stereocenters. The predicted octanol–water partition coefficient (Wildman–Crippen LogP) is 1.65. The first-order valence-corrected chi connectivity index (χ1v) is 4.68. The number of alkyl carbamates (subject to hydrolysis) is 1. The topological polar surface area (TPSA) is 47.6 Å². The van der Waals surface area contributed by atoms with Crippen molar-refractivity contribution in [3.05, 3.63) is 0 Å². The minimum Gasteiger partial charge on any atom is -0.450 e. The number of carbonyl (C=O) groups excluding carboxylic acids is 1. The highest BCUT2D eigenvalue weighted by Gasteiger charge is 2.35. The van der Waals surface area contributed by atoms with E-state index in [-0.39, 0.29) is 6.10 Å². The molecule has 0 saturated carbocycles. The molecule has 0 bridgehead atoms. The second-order valence-corrected chi connectivity index (χ2v) is 3.54. The highest BCUT2D eigenvalue weighted by Crippen LogP contribution is 2.27. The molecule has 0 aromatic heterocycles. The highest BCUT2D eigenvalue weighted by molar-refractivity contribution is 5.67. The smallest absolute Gasteiger partial charge is 0.409 e. The van der Waals surface area contributed by atoms with Gasteiger partial charge in [-0.1, -0.05) is 0 Å². The van der Waals surface area contributed by atoms with Crippen molar-refractivity contribution in [2.24, 2.45) is 0 Å². The number of amides is 1. The van der Waals surface area contributed by atoms with E-state index in [9.17, 15) is 4.79 Å². The summed E-state index contributed by atoms with van der Waals surface area (Å²) in [7, 11) is 0. The molecule has 1 aliphatic rings. The number of carbonyl (C=O) groups is 1. The Morgan fingerprint density at radius 1 is 1.77 bits per heavy atom. The lowest BCUT2D eigenvalue weighted by molar-refractivity contribution is -0.0419. The lowest BCUT2D eigenvalue weighted by Gasteiger charge is -2.24.